The summed E-state index contributed by atoms with van der Waals surface area (Å²) in [5, 5.41) is 86.8. The van der Waals surface area contributed by atoms with Crippen LogP contribution >= 0.6 is 0 Å². The summed E-state index contributed by atoms with van der Waals surface area (Å²) in [5.41, 5.74) is 16.6. The zero-order valence-electron chi connectivity index (χ0n) is 48.2. The molecule has 436 valence electrons. The van der Waals surface area contributed by atoms with E-state index in [-0.39, 0.29) is 82.9 Å². The van der Waals surface area contributed by atoms with Crippen molar-refractivity contribution in [3.8, 4) is 0 Å². The largest absolute Gasteiger partial charge is 0.368 e. The number of aliphatic hydroxyl groups is 8. The van der Waals surface area contributed by atoms with Crippen molar-refractivity contribution in [2.75, 3.05) is 0 Å². The summed E-state index contributed by atoms with van der Waals surface area (Å²) < 4.78 is 0. The van der Waals surface area contributed by atoms with E-state index in [1.54, 1.807) is 0 Å². The van der Waals surface area contributed by atoms with Crippen LogP contribution in [0.15, 0.2) is 238 Å². The summed E-state index contributed by atoms with van der Waals surface area (Å²) in [7, 11) is 0. The first-order valence-electron chi connectivity index (χ1n) is 31.5. The molecule has 0 amide bonds. The first-order chi connectivity index (χ1) is 40.8. The minimum atomic E-state index is -1.62. The normalized spacial score (nSPS) is 34.4. The molecular formula is C76H84O8. The van der Waals surface area contributed by atoms with Crippen molar-refractivity contribution < 1.29 is 40.9 Å². The fraction of sp³-hybridized carbons (Fsp3) is 0.421. The Bertz CT molecular complexity index is 3350. The molecule has 0 heterocycles. The number of hydrogen-bond donors (Lipinski definition) is 8. The fourth-order valence-corrected chi connectivity index (χ4v) is 16.6. The van der Waals surface area contributed by atoms with Crippen LogP contribution in [0.3, 0.4) is 0 Å². The minimum Gasteiger partial charge on any atom is -0.368 e. The van der Waals surface area contributed by atoms with Crippen molar-refractivity contribution in [3.05, 3.63) is 255 Å². The molecule has 0 saturated heterocycles. The number of allylic oxidation sites excluding steroid dienone is 38. The van der Waals surface area contributed by atoms with E-state index in [1.165, 1.54) is 55.7 Å². The average molecular weight is 1130 g/mol. The van der Waals surface area contributed by atoms with Gasteiger partial charge in [-0.2, -0.15) is 0 Å². The van der Waals surface area contributed by atoms with Gasteiger partial charge >= 0.3 is 0 Å². The van der Waals surface area contributed by atoms with Crippen LogP contribution in [0.25, 0.3) is 5.57 Å². The number of hydrogen-bond acceptors (Lipinski definition) is 8. The van der Waals surface area contributed by atoms with Crippen LogP contribution in [-0.2, 0) is 0 Å². The third-order valence-corrected chi connectivity index (χ3v) is 21.4. The number of benzene rings is 1. The van der Waals surface area contributed by atoms with E-state index in [4.69, 9.17) is 0 Å². The first kappa shape index (κ1) is 57.1. The minimum absolute atomic E-state index is 0.0179. The summed E-state index contributed by atoms with van der Waals surface area (Å²) in [6.45, 7) is 0. The Labute approximate surface area is 496 Å². The van der Waals surface area contributed by atoms with E-state index in [0.29, 0.717) is 44.1 Å². The highest BCUT2D eigenvalue weighted by molar-refractivity contribution is 5.71. The summed E-state index contributed by atoms with van der Waals surface area (Å²) in [5.74, 6) is 0.711. The van der Waals surface area contributed by atoms with Gasteiger partial charge in [0.25, 0.3) is 0 Å². The van der Waals surface area contributed by atoms with Crippen molar-refractivity contribution in [2.45, 2.75) is 121 Å². The first-order valence-corrected chi connectivity index (χ1v) is 31.5. The molecule has 12 aliphatic rings. The highest BCUT2D eigenvalue weighted by Gasteiger charge is 2.39. The van der Waals surface area contributed by atoms with Crippen molar-refractivity contribution in [1.29, 1.82) is 0 Å². The number of aliphatic hydroxyl groups excluding tert-OH is 4. The molecule has 8 N–H and O–H groups in total. The molecule has 0 saturated carbocycles. The van der Waals surface area contributed by atoms with Gasteiger partial charge in [0, 0.05) is 52.9 Å². The Morgan fingerprint density at radius 3 is 1.04 bits per heavy atom. The topological polar surface area (TPSA) is 162 Å². The van der Waals surface area contributed by atoms with Gasteiger partial charge in [-0.05, 0) is 182 Å². The lowest BCUT2D eigenvalue weighted by Gasteiger charge is -2.38. The summed E-state index contributed by atoms with van der Waals surface area (Å²) in [6, 6.07) is 6.15. The maximum absolute atomic E-state index is 10.9. The molecule has 13 rings (SSSR count). The highest BCUT2D eigenvalue weighted by Crippen LogP contribution is 2.50. The van der Waals surface area contributed by atoms with Crippen LogP contribution in [0.4, 0.5) is 0 Å². The second kappa shape index (κ2) is 24.7. The van der Waals surface area contributed by atoms with E-state index in [0.717, 1.165) is 68.1 Å². The van der Waals surface area contributed by atoms with Crippen molar-refractivity contribution in [2.24, 2.45) is 76.9 Å². The van der Waals surface area contributed by atoms with E-state index in [9.17, 15) is 40.9 Å². The predicted octanol–water partition coefficient (Wildman–Crippen LogP) is 13.4. The molecule has 1 aromatic rings. The predicted molar refractivity (Wildman–Crippen MR) is 333 cm³/mol. The number of rotatable bonds is 4. The average Bonchev–Trinajstić information content (AvgIpc) is 3.59. The zero-order chi connectivity index (χ0) is 57.6. The van der Waals surface area contributed by atoms with E-state index < -0.39 is 25.2 Å². The SMILES string of the molecule is OC(O)c1cc2cc(c1)C1C=CC=C(C1)C1=CC=CC(C1)C1C=C(CC(C(O)O)C1)C1C=CC=C(C1)C1=CC=CC(C1)C1=CC(CC(C(O)O)C1)C1C=CC=C(C1)C1=CC=CC(C1)C1=CC(CC(C(O)O)C1)C1C=CC=C(C1)C1C=CC=C2C1. The van der Waals surface area contributed by atoms with Crippen LogP contribution in [0.2, 0.25) is 0 Å². The summed E-state index contributed by atoms with van der Waals surface area (Å²) in [4.78, 5) is 0. The van der Waals surface area contributed by atoms with Gasteiger partial charge in [-0.1, -0.05) is 198 Å². The molecular weight excluding hydrogens is 1040 g/mol. The van der Waals surface area contributed by atoms with Crippen LogP contribution in [0.5, 0.6) is 0 Å². The van der Waals surface area contributed by atoms with Crippen molar-refractivity contribution >= 4 is 5.57 Å². The number of fused-ring (bicyclic) bond motifs is 33. The van der Waals surface area contributed by atoms with Gasteiger partial charge in [-0.15, -0.1) is 0 Å². The molecule has 12 aliphatic carbocycles. The highest BCUT2D eigenvalue weighted by atomic mass is 16.5. The Kier molecular flexibility index (Phi) is 16.8. The van der Waals surface area contributed by atoms with Gasteiger partial charge in [0.2, 0.25) is 0 Å². The lowest BCUT2D eigenvalue weighted by Crippen LogP contribution is -2.31. The van der Waals surface area contributed by atoms with Gasteiger partial charge in [-0.3, -0.25) is 0 Å². The van der Waals surface area contributed by atoms with Crippen molar-refractivity contribution in [3.63, 3.8) is 0 Å². The second-order valence-corrected chi connectivity index (χ2v) is 26.6. The molecule has 0 radical (unpaired) electrons. The molecule has 14 atom stereocenters. The van der Waals surface area contributed by atoms with E-state index in [2.05, 4.69) is 170 Å². The monoisotopic (exact) mass is 1120 g/mol. The van der Waals surface area contributed by atoms with Crippen LogP contribution in [-0.4, -0.2) is 59.7 Å². The molecule has 8 nitrogen and oxygen atoms in total. The quantitative estimate of drug-likeness (QED) is 0.109. The molecule has 0 aromatic heterocycles. The Morgan fingerprint density at radius 2 is 0.619 bits per heavy atom. The zero-order valence-corrected chi connectivity index (χ0v) is 48.2. The van der Waals surface area contributed by atoms with Gasteiger partial charge in [0.05, 0.1) is 0 Å². The molecule has 8 heteroatoms. The third-order valence-electron chi connectivity index (χ3n) is 21.4. The summed E-state index contributed by atoms with van der Waals surface area (Å²) >= 11 is 0. The van der Waals surface area contributed by atoms with E-state index in [1.807, 2.05) is 12.1 Å². The lowest BCUT2D eigenvalue weighted by atomic mass is 9.67. The van der Waals surface area contributed by atoms with Crippen LogP contribution in [0, 0.1) is 76.9 Å². The molecule has 0 spiro atoms. The van der Waals surface area contributed by atoms with Gasteiger partial charge in [0.1, 0.15) is 0 Å². The van der Waals surface area contributed by atoms with Gasteiger partial charge < -0.3 is 40.9 Å². The standard InChI is InChI=1S/C76H84O8/c77-73(78)69-37-61-33-62(38-69)55-19-3-11-47(27-55)48-12-4-21-57(28-48)65-35-66(42-71(41-65)75(81)82)59-23-7-15-51(31-59)52-16-8-24-60(32-52)68-36-67(43-72(44-68)76(83)84)58-22-6-14-50(30-58)49-13-5-20-56(29-49)64-34-63(39-70(40-64)74(79)80)54-18-2-10-46(26-54)45-9-1-17-53(61)25-45/h1-24,33-38,45,54-60,63,65,67,70-84H,25-32,39-44H2. The van der Waals surface area contributed by atoms with Gasteiger partial charge in [0.15, 0.2) is 25.2 Å². The lowest BCUT2D eigenvalue weighted by molar-refractivity contribution is -0.0917. The maximum atomic E-state index is 10.9. The van der Waals surface area contributed by atoms with Crippen molar-refractivity contribution in [1.82, 2.24) is 0 Å². The molecule has 84 heavy (non-hydrogen) atoms. The smallest absolute Gasteiger partial charge is 0.178 e. The Morgan fingerprint density at radius 1 is 0.286 bits per heavy atom. The van der Waals surface area contributed by atoms with E-state index >= 15 is 0 Å². The summed E-state index contributed by atoms with van der Waals surface area (Å²) in [6.07, 6.45) is 66.1. The van der Waals surface area contributed by atoms with Crippen LogP contribution < -0.4 is 0 Å². The fourth-order valence-electron chi connectivity index (χ4n) is 16.6. The Balaban J connectivity index is 0.818. The maximum Gasteiger partial charge on any atom is 0.178 e. The van der Waals surface area contributed by atoms with Gasteiger partial charge in [-0.25, -0.2) is 0 Å². The second-order valence-electron chi connectivity index (χ2n) is 26.6. The molecule has 1 aromatic carbocycles. The van der Waals surface area contributed by atoms with Crippen LogP contribution in [0.1, 0.15) is 119 Å². The molecule has 24 bridgehead atoms. The molecule has 14 unspecified atom stereocenters. The molecule has 0 aliphatic heterocycles. The third kappa shape index (κ3) is 12.3. The molecule has 0 fully saturated rings. The Hall–Kier alpha value is -6.04.